The van der Waals surface area contributed by atoms with Gasteiger partial charge in [0.2, 0.25) is 0 Å². The van der Waals surface area contributed by atoms with Gasteiger partial charge in [0.25, 0.3) is 0 Å². The van der Waals surface area contributed by atoms with Crippen molar-refractivity contribution in [1.29, 1.82) is 0 Å². The van der Waals surface area contributed by atoms with Crippen molar-refractivity contribution in [2.24, 2.45) is 4.99 Å². The van der Waals surface area contributed by atoms with Crippen molar-refractivity contribution in [2.75, 3.05) is 0 Å². The van der Waals surface area contributed by atoms with Gasteiger partial charge in [0, 0.05) is 17.1 Å². The van der Waals surface area contributed by atoms with Crippen molar-refractivity contribution in [3.63, 3.8) is 0 Å². The van der Waals surface area contributed by atoms with E-state index in [1.54, 1.807) is 11.3 Å². The highest BCUT2D eigenvalue weighted by Gasteiger charge is 2.13. The van der Waals surface area contributed by atoms with E-state index in [9.17, 15) is 4.79 Å². The number of nitrogens with zero attached hydrogens (tertiary/aromatic N) is 2. The van der Waals surface area contributed by atoms with Crippen molar-refractivity contribution >= 4 is 17.1 Å². The molecule has 22 heavy (non-hydrogen) atoms. The molecule has 0 N–H and O–H groups in total. The maximum Gasteiger partial charge on any atom is 0.185 e. The zero-order chi connectivity index (χ0) is 15.4. The second-order valence-electron chi connectivity index (χ2n) is 6.02. The molecule has 0 saturated heterocycles. The Labute approximate surface area is 135 Å². The van der Waals surface area contributed by atoms with Crippen LogP contribution >= 0.6 is 11.3 Å². The predicted molar refractivity (Wildman–Crippen MR) is 90.3 cm³/mol. The maximum absolute atomic E-state index is 12.4. The largest absolute Gasteiger partial charge is 0.316 e. The number of carbonyl (C=O) groups is 1. The zero-order valence-corrected chi connectivity index (χ0v) is 13.8. The summed E-state index contributed by atoms with van der Waals surface area (Å²) in [6.07, 6.45) is 8.23. The van der Waals surface area contributed by atoms with Gasteiger partial charge in [-0.05, 0) is 19.8 Å². The van der Waals surface area contributed by atoms with Crippen molar-refractivity contribution in [3.05, 3.63) is 51.8 Å². The standard InChI is InChI=1S/C18H22N2OS/c1-14-7-9-15(10-8-14)17(21)13-20-11-12-22-18(20)19-16-5-3-2-4-6-16/h7-12,16H,2-6,13H2,1H3. The van der Waals surface area contributed by atoms with E-state index in [1.807, 2.05) is 47.3 Å². The zero-order valence-electron chi connectivity index (χ0n) is 13.0. The summed E-state index contributed by atoms with van der Waals surface area (Å²) in [7, 11) is 0. The average Bonchev–Trinajstić information content (AvgIpc) is 2.96. The minimum Gasteiger partial charge on any atom is -0.316 e. The minimum absolute atomic E-state index is 0.142. The Morgan fingerprint density at radius 3 is 2.68 bits per heavy atom. The summed E-state index contributed by atoms with van der Waals surface area (Å²) in [5.41, 5.74) is 1.95. The molecule has 1 aliphatic rings. The van der Waals surface area contributed by atoms with Crippen LogP contribution in [0.4, 0.5) is 0 Å². The summed E-state index contributed by atoms with van der Waals surface area (Å²) >= 11 is 1.63. The van der Waals surface area contributed by atoms with Crippen LogP contribution in [0.25, 0.3) is 0 Å². The Morgan fingerprint density at radius 2 is 1.95 bits per heavy atom. The summed E-state index contributed by atoms with van der Waals surface area (Å²) in [6, 6.07) is 8.22. The molecule has 1 heterocycles. The van der Waals surface area contributed by atoms with E-state index < -0.39 is 0 Å². The Morgan fingerprint density at radius 1 is 1.23 bits per heavy atom. The fourth-order valence-corrected chi connectivity index (χ4v) is 3.67. The first-order valence-electron chi connectivity index (χ1n) is 8.00. The quantitative estimate of drug-likeness (QED) is 0.786. The van der Waals surface area contributed by atoms with Crippen molar-refractivity contribution in [2.45, 2.75) is 51.6 Å². The van der Waals surface area contributed by atoms with Crippen LogP contribution in [-0.4, -0.2) is 16.4 Å². The van der Waals surface area contributed by atoms with Crippen LogP contribution < -0.4 is 4.80 Å². The summed E-state index contributed by atoms with van der Waals surface area (Å²) in [4.78, 5) is 18.3. The highest BCUT2D eigenvalue weighted by molar-refractivity contribution is 7.07. The number of hydrogen-bond donors (Lipinski definition) is 0. The van der Waals surface area contributed by atoms with Gasteiger partial charge in [0.1, 0.15) is 0 Å². The fourth-order valence-electron chi connectivity index (χ4n) is 2.87. The number of rotatable bonds is 4. The first kappa shape index (κ1) is 15.2. The van der Waals surface area contributed by atoms with Gasteiger partial charge >= 0.3 is 0 Å². The molecule has 0 bridgehead atoms. The number of benzene rings is 1. The van der Waals surface area contributed by atoms with Crippen molar-refractivity contribution in [1.82, 2.24) is 4.57 Å². The summed E-state index contributed by atoms with van der Waals surface area (Å²) < 4.78 is 1.99. The Bertz CT molecular complexity index is 690. The number of carbonyl (C=O) groups excluding carboxylic acids is 1. The van der Waals surface area contributed by atoms with Crippen LogP contribution in [0.2, 0.25) is 0 Å². The molecular formula is C18H22N2OS. The Kier molecular flexibility index (Phi) is 4.88. The smallest absolute Gasteiger partial charge is 0.185 e. The third-order valence-electron chi connectivity index (χ3n) is 4.22. The van der Waals surface area contributed by atoms with E-state index >= 15 is 0 Å². The molecule has 1 aromatic carbocycles. The molecule has 1 fully saturated rings. The van der Waals surface area contributed by atoms with Crippen molar-refractivity contribution < 1.29 is 4.79 Å². The number of Topliss-reactive ketones (excluding diaryl/α,β-unsaturated/α-hetero) is 1. The third-order valence-corrected chi connectivity index (χ3v) is 5.02. The lowest BCUT2D eigenvalue weighted by atomic mass is 9.96. The topological polar surface area (TPSA) is 34.4 Å². The van der Waals surface area contributed by atoms with E-state index in [0.717, 1.165) is 10.4 Å². The lowest BCUT2D eigenvalue weighted by molar-refractivity contribution is 0.0971. The molecule has 2 aromatic rings. The molecule has 3 rings (SSSR count). The van der Waals surface area contributed by atoms with Crippen LogP contribution in [0.5, 0.6) is 0 Å². The molecule has 116 valence electrons. The van der Waals surface area contributed by atoms with Gasteiger partial charge in [-0.3, -0.25) is 9.79 Å². The first-order valence-corrected chi connectivity index (χ1v) is 8.88. The highest BCUT2D eigenvalue weighted by Crippen LogP contribution is 2.19. The number of ketones is 1. The molecule has 0 aliphatic heterocycles. The normalized spacial score (nSPS) is 16.9. The molecular weight excluding hydrogens is 292 g/mol. The molecule has 0 radical (unpaired) electrons. The maximum atomic E-state index is 12.4. The third kappa shape index (κ3) is 3.74. The van der Waals surface area contributed by atoms with Gasteiger partial charge in [-0.1, -0.05) is 49.1 Å². The van der Waals surface area contributed by atoms with E-state index in [-0.39, 0.29) is 5.78 Å². The van der Waals surface area contributed by atoms with Crippen LogP contribution in [0.15, 0.2) is 40.8 Å². The molecule has 0 atom stereocenters. The minimum atomic E-state index is 0.142. The molecule has 1 aromatic heterocycles. The fraction of sp³-hybridized carbons (Fsp3) is 0.444. The number of thiazole rings is 1. The molecule has 1 saturated carbocycles. The van der Waals surface area contributed by atoms with Gasteiger partial charge in [-0.25, -0.2) is 0 Å². The van der Waals surface area contributed by atoms with Crippen LogP contribution in [0, 0.1) is 6.92 Å². The SMILES string of the molecule is Cc1ccc(C(=O)Cn2ccsc2=NC2CCCCC2)cc1. The molecule has 0 unspecified atom stereocenters. The highest BCUT2D eigenvalue weighted by atomic mass is 32.1. The van der Waals surface area contributed by atoms with Crippen LogP contribution in [0.1, 0.15) is 48.0 Å². The lowest BCUT2D eigenvalue weighted by Gasteiger charge is -2.17. The summed E-state index contributed by atoms with van der Waals surface area (Å²) in [5, 5.41) is 2.02. The van der Waals surface area contributed by atoms with E-state index in [0.29, 0.717) is 12.6 Å². The summed E-state index contributed by atoms with van der Waals surface area (Å²) in [5.74, 6) is 0.142. The second-order valence-corrected chi connectivity index (χ2v) is 6.90. The molecule has 1 aliphatic carbocycles. The van der Waals surface area contributed by atoms with Crippen LogP contribution in [0.3, 0.4) is 0 Å². The predicted octanol–water partition coefficient (Wildman–Crippen LogP) is 3.97. The average molecular weight is 314 g/mol. The molecule has 3 nitrogen and oxygen atoms in total. The Balaban J connectivity index is 1.75. The van der Waals surface area contributed by atoms with E-state index in [2.05, 4.69) is 0 Å². The summed E-state index contributed by atoms with van der Waals surface area (Å²) in [6.45, 7) is 2.40. The molecule has 0 amide bonds. The van der Waals surface area contributed by atoms with Gasteiger partial charge in [0.15, 0.2) is 10.6 Å². The Hall–Kier alpha value is -1.68. The number of hydrogen-bond acceptors (Lipinski definition) is 3. The van der Waals surface area contributed by atoms with Crippen molar-refractivity contribution in [3.8, 4) is 0 Å². The van der Waals surface area contributed by atoms with Crippen LogP contribution in [-0.2, 0) is 6.54 Å². The van der Waals surface area contributed by atoms with Gasteiger partial charge in [0.05, 0.1) is 12.6 Å². The monoisotopic (exact) mass is 314 g/mol. The van der Waals surface area contributed by atoms with E-state index in [1.165, 1.54) is 37.7 Å². The van der Waals surface area contributed by atoms with Gasteiger partial charge in [-0.15, -0.1) is 11.3 Å². The van der Waals surface area contributed by atoms with Gasteiger partial charge < -0.3 is 4.57 Å². The van der Waals surface area contributed by atoms with Gasteiger partial charge in [-0.2, -0.15) is 0 Å². The second kappa shape index (κ2) is 7.05. The first-order chi connectivity index (χ1) is 10.7. The van der Waals surface area contributed by atoms with E-state index in [4.69, 9.17) is 4.99 Å². The lowest BCUT2D eigenvalue weighted by Crippen LogP contribution is -2.23. The number of aryl methyl sites for hydroxylation is 1. The molecule has 4 heteroatoms. The number of aromatic nitrogens is 1. The molecule has 0 spiro atoms.